The van der Waals surface area contributed by atoms with Crippen molar-refractivity contribution in [3.8, 4) is 0 Å². The molecule has 2 aromatic carbocycles. The van der Waals surface area contributed by atoms with Gasteiger partial charge in [-0.1, -0.05) is 94.1 Å². The Bertz CT molecular complexity index is 965. The highest BCUT2D eigenvalue weighted by atomic mass is 31.2. The molecule has 0 unspecified atom stereocenters. The van der Waals surface area contributed by atoms with Gasteiger partial charge in [0.15, 0.2) is 8.32 Å². The van der Waals surface area contributed by atoms with E-state index in [1.54, 1.807) is 0 Å². The minimum absolute atomic E-state index is 0.0630. The summed E-state index contributed by atoms with van der Waals surface area (Å²) in [6.45, 7) is 15.0. The van der Waals surface area contributed by atoms with E-state index < -0.39 is 21.6 Å². The van der Waals surface area contributed by atoms with E-state index in [2.05, 4.69) is 40.4 Å². The maximum absolute atomic E-state index is 14.9. The van der Waals surface area contributed by atoms with Gasteiger partial charge in [0, 0.05) is 23.2 Å². The number of rotatable bonds is 6. The molecule has 3 rings (SSSR count). The quantitative estimate of drug-likeness (QED) is 0.335. The van der Waals surface area contributed by atoms with Gasteiger partial charge in [-0.15, -0.1) is 0 Å². The zero-order valence-corrected chi connectivity index (χ0v) is 21.9. The first-order valence-corrected chi connectivity index (χ1v) is 16.1. The van der Waals surface area contributed by atoms with Crippen molar-refractivity contribution in [3.63, 3.8) is 0 Å². The first-order valence-electron chi connectivity index (χ1n) is 11.3. The van der Waals surface area contributed by atoms with Crippen molar-refractivity contribution in [2.24, 2.45) is 0 Å². The Morgan fingerprint density at radius 3 is 2.03 bits per heavy atom. The molecule has 172 valence electrons. The van der Waals surface area contributed by atoms with E-state index in [4.69, 9.17) is 4.43 Å². The summed E-state index contributed by atoms with van der Waals surface area (Å²) in [6.07, 6.45) is 1.96. The fraction of sp³-hybridized carbons (Fsp3) is 0.407. The molecule has 0 saturated heterocycles. The molecule has 0 radical (unpaired) electrons. The minimum atomic E-state index is -2.90. The van der Waals surface area contributed by atoms with Gasteiger partial charge >= 0.3 is 0 Å². The van der Waals surface area contributed by atoms with Crippen molar-refractivity contribution in [2.75, 3.05) is 6.16 Å². The zero-order valence-electron chi connectivity index (χ0n) is 20.0. The van der Waals surface area contributed by atoms with Crippen LogP contribution in [-0.4, -0.2) is 26.8 Å². The van der Waals surface area contributed by atoms with Crippen LogP contribution in [0.3, 0.4) is 0 Å². The zero-order chi connectivity index (χ0) is 23.6. The van der Waals surface area contributed by atoms with Gasteiger partial charge in [0.1, 0.15) is 13.3 Å². The van der Waals surface area contributed by atoms with Crippen molar-refractivity contribution >= 4 is 26.1 Å². The number of benzene rings is 2. The van der Waals surface area contributed by atoms with Gasteiger partial charge in [0.2, 0.25) is 0 Å². The van der Waals surface area contributed by atoms with Crippen LogP contribution in [0.5, 0.6) is 0 Å². The van der Waals surface area contributed by atoms with Crippen LogP contribution in [0.4, 0.5) is 4.39 Å². The lowest BCUT2D eigenvalue weighted by Gasteiger charge is -2.41. The Kier molecular flexibility index (Phi) is 7.49. The molecule has 1 aliphatic carbocycles. The average Bonchev–Trinajstić information content (AvgIpc) is 2.75. The SMILES string of the molecule is C=C1/C(=C\CP(=O)(c2ccccc2)c2ccccc2)C[C@@H](O[Si](C)(C)C(C)(C)C)C[C@@H]1F. The van der Waals surface area contributed by atoms with E-state index >= 15 is 0 Å². The molecule has 0 bridgehead atoms. The summed E-state index contributed by atoms with van der Waals surface area (Å²) in [6, 6.07) is 19.2. The Hall–Kier alpha value is -1.74. The molecule has 0 N–H and O–H groups in total. The molecule has 1 fully saturated rings. The second-order valence-electron chi connectivity index (χ2n) is 10.3. The van der Waals surface area contributed by atoms with Crippen molar-refractivity contribution < 1.29 is 13.4 Å². The van der Waals surface area contributed by atoms with Gasteiger partial charge in [0.25, 0.3) is 0 Å². The first-order chi connectivity index (χ1) is 14.9. The number of hydrogen-bond donors (Lipinski definition) is 0. The summed E-state index contributed by atoms with van der Waals surface area (Å²) in [5, 5.41) is 1.69. The molecular weight excluding hydrogens is 434 g/mol. The number of alkyl halides is 1. The predicted octanol–water partition coefficient (Wildman–Crippen LogP) is 7.01. The van der Waals surface area contributed by atoms with Gasteiger partial charge in [-0.3, -0.25) is 0 Å². The third-order valence-corrected chi connectivity index (χ3v) is 14.4. The minimum Gasteiger partial charge on any atom is -0.413 e. The summed E-state index contributed by atoms with van der Waals surface area (Å²) < 4.78 is 35.8. The average molecular weight is 471 g/mol. The van der Waals surface area contributed by atoms with Crippen LogP contribution in [0.25, 0.3) is 0 Å². The first kappa shape index (κ1) is 24.9. The molecule has 32 heavy (non-hydrogen) atoms. The van der Waals surface area contributed by atoms with Crippen LogP contribution in [0.2, 0.25) is 18.1 Å². The number of allylic oxidation sites excluding steroid dienone is 2. The lowest BCUT2D eigenvalue weighted by atomic mass is 9.87. The molecule has 0 amide bonds. The van der Waals surface area contributed by atoms with E-state index in [1.165, 1.54) is 0 Å². The predicted molar refractivity (Wildman–Crippen MR) is 138 cm³/mol. The van der Waals surface area contributed by atoms with Crippen LogP contribution in [0.15, 0.2) is 84.5 Å². The molecule has 2 atom stereocenters. The van der Waals surface area contributed by atoms with Crippen LogP contribution >= 0.6 is 7.14 Å². The van der Waals surface area contributed by atoms with E-state index in [1.807, 2.05) is 66.7 Å². The fourth-order valence-electron chi connectivity index (χ4n) is 3.87. The third kappa shape index (κ3) is 5.42. The van der Waals surface area contributed by atoms with Crippen LogP contribution in [-0.2, 0) is 8.99 Å². The van der Waals surface area contributed by atoms with E-state index in [0.717, 1.165) is 16.2 Å². The highest BCUT2D eigenvalue weighted by Crippen LogP contribution is 2.45. The van der Waals surface area contributed by atoms with Gasteiger partial charge in [-0.05, 0) is 35.7 Å². The Morgan fingerprint density at radius 2 is 1.56 bits per heavy atom. The fourth-order valence-corrected chi connectivity index (χ4v) is 7.74. The highest BCUT2D eigenvalue weighted by Gasteiger charge is 2.41. The van der Waals surface area contributed by atoms with Crippen LogP contribution in [0, 0.1) is 0 Å². The second kappa shape index (κ2) is 9.63. The molecule has 0 heterocycles. The van der Waals surface area contributed by atoms with Crippen molar-refractivity contribution in [3.05, 3.63) is 84.5 Å². The molecule has 2 nitrogen and oxygen atoms in total. The summed E-state index contributed by atoms with van der Waals surface area (Å²) >= 11 is 0. The van der Waals surface area contributed by atoms with Crippen molar-refractivity contribution in [2.45, 2.75) is 64.0 Å². The topological polar surface area (TPSA) is 26.3 Å². The van der Waals surface area contributed by atoms with Crippen LogP contribution < -0.4 is 10.6 Å². The molecule has 1 aliphatic rings. The molecule has 1 saturated carbocycles. The summed E-state index contributed by atoms with van der Waals surface area (Å²) in [7, 11) is -4.91. The van der Waals surface area contributed by atoms with Crippen molar-refractivity contribution in [1.29, 1.82) is 0 Å². The Labute approximate surface area is 194 Å². The number of halogens is 1. The van der Waals surface area contributed by atoms with E-state index in [0.29, 0.717) is 24.6 Å². The highest BCUT2D eigenvalue weighted by molar-refractivity contribution is 7.78. The molecule has 0 spiro atoms. The monoisotopic (exact) mass is 470 g/mol. The van der Waals surface area contributed by atoms with E-state index in [-0.39, 0.29) is 11.1 Å². The van der Waals surface area contributed by atoms with Crippen molar-refractivity contribution in [1.82, 2.24) is 0 Å². The normalized spacial score (nSPS) is 21.7. The molecule has 0 aromatic heterocycles. The molecule has 2 aromatic rings. The lowest BCUT2D eigenvalue weighted by molar-refractivity contribution is 0.131. The van der Waals surface area contributed by atoms with Gasteiger partial charge in [0.05, 0.1) is 6.10 Å². The summed E-state index contributed by atoms with van der Waals surface area (Å²) in [5.74, 6) is 0. The molecule has 5 heteroatoms. The van der Waals surface area contributed by atoms with Crippen LogP contribution in [0.1, 0.15) is 33.6 Å². The van der Waals surface area contributed by atoms with E-state index in [9.17, 15) is 8.96 Å². The Balaban J connectivity index is 1.90. The summed E-state index contributed by atoms with van der Waals surface area (Å²) in [5.41, 5.74) is 1.35. The smallest absolute Gasteiger partial charge is 0.192 e. The largest absolute Gasteiger partial charge is 0.413 e. The Morgan fingerprint density at radius 1 is 1.06 bits per heavy atom. The van der Waals surface area contributed by atoms with Gasteiger partial charge in [-0.2, -0.15) is 0 Å². The molecular formula is C27H36FO2PSi. The third-order valence-electron chi connectivity index (χ3n) is 6.92. The maximum atomic E-state index is 14.9. The standard InChI is InChI=1S/C27H36FO2PSi/c1-21-22(19-23(20-26(21)28)30-32(5,6)27(2,3)4)17-18-31(29,24-13-9-7-10-14-24)25-15-11-8-12-16-25/h7-17,23,26H,1,18-20H2,2-6H3/b22-17-/t23-,26+/m1/s1. The lowest BCUT2D eigenvalue weighted by Crippen LogP contribution is -2.45. The second-order valence-corrected chi connectivity index (χ2v) is 17.9. The number of hydrogen-bond acceptors (Lipinski definition) is 2. The summed E-state index contributed by atoms with van der Waals surface area (Å²) in [4.78, 5) is 0. The maximum Gasteiger partial charge on any atom is 0.192 e. The van der Waals surface area contributed by atoms with Gasteiger partial charge < -0.3 is 8.99 Å². The molecule has 0 aliphatic heterocycles. The van der Waals surface area contributed by atoms with Gasteiger partial charge in [-0.25, -0.2) is 4.39 Å².